The van der Waals surface area contributed by atoms with Crippen molar-refractivity contribution in [1.29, 1.82) is 0 Å². The summed E-state index contributed by atoms with van der Waals surface area (Å²) in [5.41, 5.74) is -2.18. The molecule has 0 aliphatic carbocycles. The third-order valence-corrected chi connectivity index (χ3v) is 4.17. The Morgan fingerprint density at radius 2 is 1.81 bits per heavy atom. The molecular weight excluding hydrogens is 366 g/mol. The van der Waals surface area contributed by atoms with Gasteiger partial charge in [0.25, 0.3) is 0 Å². The van der Waals surface area contributed by atoms with Gasteiger partial charge in [-0.05, 0) is 12.5 Å². The topological polar surface area (TPSA) is 54.1 Å². The second kappa shape index (κ2) is 6.10. The van der Waals surface area contributed by atoms with E-state index in [9.17, 15) is 31.1 Å². The van der Waals surface area contributed by atoms with Gasteiger partial charge in [0, 0.05) is 17.5 Å². The molecule has 2 heterocycles. The minimum atomic E-state index is -4.78. The lowest BCUT2D eigenvalue weighted by Gasteiger charge is -2.35. The van der Waals surface area contributed by atoms with Crippen LogP contribution >= 0.6 is 0 Å². The summed E-state index contributed by atoms with van der Waals surface area (Å²) >= 11 is 0. The fraction of sp³-hybridized carbons (Fsp3) is 0.438. The van der Waals surface area contributed by atoms with Crippen molar-refractivity contribution in [3.63, 3.8) is 0 Å². The molecule has 2 atom stereocenters. The van der Waals surface area contributed by atoms with Gasteiger partial charge >= 0.3 is 12.4 Å². The van der Waals surface area contributed by atoms with E-state index in [0.29, 0.717) is 6.07 Å². The highest BCUT2D eigenvalue weighted by molar-refractivity contribution is 5.89. The van der Waals surface area contributed by atoms with Gasteiger partial charge in [-0.1, -0.05) is 6.92 Å². The molecule has 142 valence electrons. The first-order valence-corrected chi connectivity index (χ1v) is 7.76. The number of aromatic nitrogens is 1. The van der Waals surface area contributed by atoms with Crippen LogP contribution in [-0.2, 0) is 6.18 Å². The van der Waals surface area contributed by atoms with Gasteiger partial charge in [0.15, 0.2) is 0 Å². The van der Waals surface area contributed by atoms with Crippen LogP contribution in [0, 0.1) is 0 Å². The number of anilines is 1. The average molecular weight is 380 g/mol. The van der Waals surface area contributed by atoms with E-state index in [1.165, 1.54) is 6.07 Å². The average Bonchev–Trinajstić information content (AvgIpc) is 2.49. The molecule has 1 aliphatic rings. The molecule has 1 aromatic heterocycles. The number of benzene rings is 1. The number of nitrogens with one attached hydrogen (secondary N) is 2. The zero-order valence-corrected chi connectivity index (χ0v) is 13.4. The van der Waals surface area contributed by atoms with Gasteiger partial charge in [-0.2, -0.15) is 26.3 Å². The molecule has 0 fully saturated rings. The number of pyridine rings is 1. The summed E-state index contributed by atoms with van der Waals surface area (Å²) in [7, 11) is 0. The van der Waals surface area contributed by atoms with E-state index >= 15 is 0 Å². The Balaban J connectivity index is 2.12. The second-order valence-electron chi connectivity index (χ2n) is 6.07. The maximum atomic E-state index is 13.2. The molecule has 0 amide bonds. The summed E-state index contributed by atoms with van der Waals surface area (Å²) < 4.78 is 83.4. The fourth-order valence-electron chi connectivity index (χ4n) is 3.07. The van der Waals surface area contributed by atoms with E-state index in [1.807, 2.05) is 0 Å². The summed E-state index contributed by atoms with van der Waals surface area (Å²) in [5, 5.41) is 2.31. The minimum absolute atomic E-state index is 0.0222. The zero-order chi connectivity index (χ0) is 19.3. The number of ether oxygens (including phenoxy) is 1. The number of rotatable bonds is 2. The summed E-state index contributed by atoms with van der Waals surface area (Å²) in [4.78, 5) is 13.8. The normalized spacial score (nSPS) is 20.4. The number of H-pyrrole nitrogens is 1. The molecule has 2 aromatic rings. The van der Waals surface area contributed by atoms with Crippen molar-refractivity contribution in [2.75, 3.05) is 5.32 Å². The van der Waals surface area contributed by atoms with Crippen LogP contribution in [0.15, 0.2) is 23.0 Å². The molecule has 10 heteroatoms. The van der Waals surface area contributed by atoms with Crippen LogP contribution in [0.5, 0.6) is 5.75 Å². The van der Waals surface area contributed by atoms with Gasteiger partial charge in [-0.15, -0.1) is 0 Å². The smallest absolute Gasteiger partial charge is 0.417 e. The Bertz CT molecular complexity index is 887. The highest BCUT2D eigenvalue weighted by Crippen LogP contribution is 2.41. The van der Waals surface area contributed by atoms with Crippen molar-refractivity contribution < 1.29 is 31.1 Å². The standard InChI is InChI=1S/C16H14F6N2O2/c1-2-12-11(6-15(17,18)19)23-10-3-7-8(16(20,21)22)4-14(25)24-9(7)5-13(10)26-12/h3-5,11-12,23H,2,6H2,1H3,(H,24,25). The first-order valence-electron chi connectivity index (χ1n) is 7.76. The summed E-state index contributed by atoms with van der Waals surface area (Å²) in [6.45, 7) is 1.64. The van der Waals surface area contributed by atoms with E-state index in [1.54, 1.807) is 6.92 Å². The number of aromatic amines is 1. The number of hydrogen-bond donors (Lipinski definition) is 2. The number of halogens is 6. The minimum Gasteiger partial charge on any atom is -0.486 e. The van der Waals surface area contributed by atoms with Crippen LogP contribution in [0.4, 0.5) is 32.0 Å². The largest absolute Gasteiger partial charge is 0.486 e. The van der Waals surface area contributed by atoms with Crippen LogP contribution in [0.3, 0.4) is 0 Å². The molecule has 0 radical (unpaired) electrons. The van der Waals surface area contributed by atoms with Gasteiger partial charge in [0.2, 0.25) is 5.56 Å². The van der Waals surface area contributed by atoms with E-state index in [0.717, 1.165) is 6.07 Å². The third kappa shape index (κ3) is 3.58. The van der Waals surface area contributed by atoms with Crippen LogP contribution in [0.2, 0.25) is 0 Å². The quantitative estimate of drug-likeness (QED) is 0.757. The lowest BCUT2D eigenvalue weighted by molar-refractivity contribution is -0.142. The van der Waals surface area contributed by atoms with E-state index in [4.69, 9.17) is 4.74 Å². The van der Waals surface area contributed by atoms with Gasteiger partial charge in [-0.3, -0.25) is 4.79 Å². The molecule has 0 spiro atoms. The van der Waals surface area contributed by atoms with E-state index in [-0.39, 0.29) is 28.8 Å². The molecule has 26 heavy (non-hydrogen) atoms. The van der Waals surface area contributed by atoms with Crippen molar-refractivity contribution >= 4 is 16.6 Å². The van der Waals surface area contributed by atoms with Crippen molar-refractivity contribution in [3.05, 3.63) is 34.1 Å². The lowest BCUT2D eigenvalue weighted by Crippen LogP contribution is -2.43. The first-order chi connectivity index (χ1) is 12.0. The Labute approximate surface area is 143 Å². The Morgan fingerprint density at radius 3 is 2.38 bits per heavy atom. The van der Waals surface area contributed by atoms with Crippen LogP contribution in [-0.4, -0.2) is 23.3 Å². The van der Waals surface area contributed by atoms with Gasteiger partial charge in [0.1, 0.15) is 11.9 Å². The number of hydrogen-bond acceptors (Lipinski definition) is 3. The molecule has 0 bridgehead atoms. The van der Waals surface area contributed by atoms with Crippen molar-refractivity contribution in [2.24, 2.45) is 0 Å². The maximum absolute atomic E-state index is 13.2. The Morgan fingerprint density at radius 1 is 1.12 bits per heavy atom. The second-order valence-corrected chi connectivity index (χ2v) is 6.07. The maximum Gasteiger partial charge on any atom is 0.417 e. The zero-order valence-electron chi connectivity index (χ0n) is 13.4. The fourth-order valence-corrected chi connectivity index (χ4v) is 3.07. The predicted octanol–water partition coefficient (Wildman–Crippen LogP) is 4.45. The molecule has 1 aromatic carbocycles. The monoisotopic (exact) mass is 380 g/mol. The molecule has 4 nitrogen and oxygen atoms in total. The van der Waals surface area contributed by atoms with E-state index in [2.05, 4.69) is 10.3 Å². The Hall–Kier alpha value is -2.39. The molecule has 3 rings (SSSR count). The third-order valence-electron chi connectivity index (χ3n) is 4.17. The summed E-state index contributed by atoms with van der Waals surface area (Å²) in [6.07, 6.45) is -11.0. The molecule has 2 N–H and O–H groups in total. The first kappa shape index (κ1) is 18.4. The number of fused-ring (bicyclic) bond motifs is 2. The van der Waals surface area contributed by atoms with Crippen LogP contribution in [0.1, 0.15) is 25.3 Å². The van der Waals surface area contributed by atoms with Crippen molar-refractivity contribution in [2.45, 2.75) is 44.3 Å². The molecular formula is C16H14F6N2O2. The molecule has 0 saturated heterocycles. The molecule has 2 unspecified atom stereocenters. The van der Waals surface area contributed by atoms with Gasteiger partial charge in [-0.25, -0.2) is 0 Å². The molecule has 1 aliphatic heterocycles. The summed E-state index contributed by atoms with van der Waals surface area (Å²) in [6, 6.07) is 1.54. The molecule has 0 saturated carbocycles. The number of alkyl halides is 6. The van der Waals surface area contributed by atoms with Crippen LogP contribution < -0.4 is 15.6 Å². The highest BCUT2D eigenvalue weighted by atomic mass is 19.4. The van der Waals surface area contributed by atoms with E-state index < -0.39 is 42.0 Å². The van der Waals surface area contributed by atoms with Gasteiger partial charge < -0.3 is 15.0 Å². The SMILES string of the molecule is CCC1Oc2cc3[nH]c(=O)cc(C(F)(F)F)c3cc2NC1CC(F)(F)F. The van der Waals surface area contributed by atoms with Crippen molar-refractivity contribution in [3.8, 4) is 5.75 Å². The summed E-state index contributed by atoms with van der Waals surface area (Å²) in [5.74, 6) is 0.0951. The van der Waals surface area contributed by atoms with Crippen molar-refractivity contribution in [1.82, 2.24) is 4.98 Å². The predicted molar refractivity (Wildman–Crippen MR) is 82.4 cm³/mol. The van der Waals surface area contributed by atoms with Crippen LogP contribution in [0.25, 0.3) is 10.9 Å². The highest BCUT2D eigenvalue weighted by Gasteiger charge is 2.39. The lowest BCUT2D eigenvalue weighted by atomic mass is 10.00. The Kier molecular flexibility index (Phi) is 4.32. The van der Waals surface area contributed by atoms with Gasteiger partial charge in [0.05, 0.1) is 29.2 Å².